The van der Waals surface area contributed by atoms with E-state index in [0.29, 0.717) is 72.6 Å². The minimum atomic E-state index is -0.971. The van der Waals surface area contributed by atoms with E-state index in [4.69, 9.17) is 14.7 Å². The number of piperidine rings is 1. The molecule has 1 aromatic carbocycles. The summed E-state index contributed by atoms with van der Waals surface area (Å²) in [6.07, 6.45) is 5.49. The van der Waals surface area contributed by atoms with Crippen molar-refractivity contribution >= 4 is 34.4 Å². The molecule has 12 heteroatoms. The molecule has 11 nitrogen and oxygen atoms in total. The highest BCUT2D eigenvalue weighted by Crippen LogP contribution is 2.39. The average Bonchev–Trinajstić information content (AvgIpc) is 3.56. The Morgan fingerprint density at radius 3 is 2.48 bits per heavy atom. The lowest BCUT2D eigenvalue weighted by Gasteiger charge is -2.33. The summed E-state index contributed by atoms with van der Waals surface area (Å²) in [5.74, 6) is 0.523. The van der Waals surface area contributed by atoms with E-state index in [1.54, 1.807) is 9.47 Å². The van der Waals surface area contributed by atoms with Crippen molar-refractivity contribution in [3.63, 3.8) is 0 Å². The first-order chi connectivity index (χ1) is 23.0. The number of nitrogens with zero attached hydrogens (tertiary/aromatic N) is 5. The molecule has 6 rings (SSSR count). The number of aromatic nitrogens is 4. The molecule has 1 atom stereocenters. The molecule has 0 unspecified atom stereocenters. The number of halogens is 1. The second-order valence-corrected chi connectivity index (χ2v) is 13.8. The highest BCUT2D eigenvalue weighted by molar-refractivity contribution is 5.81. The van der Waals surface area contributed by atoms with Crippen LogP contribution in [0.3, 0.4) is 0 Å². The van der Waals surface area contributed by atoms with Crippen LogP contribution in [0, 0.1) is 5.82 Å². The van der Waals surface area contributed by atoms with Gasteiger partial charge in [-0.15, -0.1) is 0 Å². The summed E-state index contributed by atoms with van der Waals surface area (Å²) in [7, 11) is 0. The standard InChI is InChI=1S/C36H47FN8O3/c1-6-28-30(37)27-22-40-33(43-32(27)45(28)29-13-8-23-14-17-36(47,7-2)31(23)42-29)41-26-11-9-24(10-12-26)38-18-19-39-25-15-20-44(21-16-25)34(46)48-35(3,4)5/h8-13,22,25,38-39,47H,6-7,14-21H2,1-5H3,(H,40,41,43)/t36-/m1/s1. The largest absolute Gasteiger partial charge is 0.444 e. The normalized spacial score (nSPS) is 18.3. The van der Waals surface area contributed by atoms with Crippen LogP contribution in [0.1, 0.15) is 77.3 Å². The molecule has 0 spiro atoms. The highest BCUT2D eigenvalue weighted by atomic mass is 19.1. The van der Waals surface area contributed by atoms with Gasteiger partial charge in [0.1, 0.15) is 17.0 Å². The fourth-order valence-corrected chi connectivity index (χ4v) is 6.59. The zero-order valence-electron chi connectivity index (χ0n) is 28.6. The van der Waals surface area contributed by atoms with E-state index < -0.39 is 11.2 Å². The van der Waals surface area contributed by atoms with E-state index in [9.17, 15) is 9.90 Å². The Labute approximate surface area is 281 Å². The van der Waals surface area contributed by atoms with Gasteiger partial charge in [0.05, 0.1) is 16.8 Å². The van der Waals surface area contributed by atoms with Crippen LogP contribution < -0.4 is 16.0 Å². The van der Waals surface area contributed by atoms with Crippen LogP contribution in [-0.2, 0) is 23.2 Å². The number of fused-ring (bicyclic) bond motifs is 2. The molecule has 4 heterocycles. The Morgan fingerprint density at radius 1 is 1.06 bits per heavy atom. The number of hydrogen-bond acceptors (Lipinski definition) is 9. The van der Waals surface area contributed by atoms with Crippen molar-refractivity contribution in [2.24, 2.45) is 0 Å². The lowest BCUT2D eigenvalue weighted by molar-refractivity contribution is 0.0198. The molecule has 3 aromatic heterocycles. The number of carbonyl (C=O) groups is 1. The van der Waals surface area contributed by atoms with E-state index >= 15 is 4.39 Å². The second-order valence-electron chi connectivity index (χ2n) is 13.8. The van der Waals surface area contributed by atoms with Crippen molar-refractivity contribution in [3.05, 3.63) is 65.4 Å². The minimum Gasteiger partial charge on any atom is -0.444 e. The number of nitrogens with one attached hydrogen (secondary N) is 3. The number of rotatable bonds is 10. The van der Waals surface area contributed by atoms with Gasteiger partial charge < -0.3 is 30.7 Å². The zero-order chi connectivity index (χ0) is 34.1. The van der Waals surface area contributed by atoms with Crippen LogP contribution in [0.15, 0.2) is 42.6 Å². The third kappa shape index (κ3) is 7.09. The highest BCUT2D eigenvalue weighted by Gasteiger charge is 2.37. The Balaban J connectivity index is 1.06. The minimum absolute atomic E-state index is 0.236. The Bertz CT molecular complexity index is 1760. The summed E-state index contributed by atoms with van der Waals surface area (Å²) < 4.78 is 22.8. The van der Waals surface area contributed by atoms with Crippen molar-refractivity contribution in [1.82, 2.24) is 29.7 Å². The first-order valence-corrected chi connectivity index (χ1v) is 17.1. The smallest absolute Gasteiger partial charge is 0.410 e. The molecule has 256 valence electrons. The van der Waals surface area contributed by atoms with Crippen LogP contribution in [0.5, 0.6) is 0 Å². The maximum atomic E-state index is 15.6. The van der Waals surface area contributed by atoms with Crippen LogP contribution >= 0.6 is 0 Å². The third-order valence-electron chi connectivity index (χ3n) is 9.28. The number of benzene rings is 1. The van der Waals surface area contributed by atoms with Gasteiger partial charge in [-0.3, -0.25) is 4.57 Å². The van der Waals surface area contributed by atoms with Gasteiger partial charge in [-0.2, -0.15) is 4.98 Å². The van der Waals surface area contributed by atoms with E-state index in [-0.39, 0.29) is 11.9 Å². The topological polar surface area (TPSA) is 129 Å². The Kier molecular flexibility index (Phi) is 9.57. The molecular formula is C36H47FN8O3. The van der Waals surface area contributed by atoms with Gasteiger partial charge in [-0.1, -0.05) is 19.9 Å². The molecule has 1 amide bonds. The molecule has 1 saturated heterocycles. The Hall–Kier alpha value is -4.29. The third-order valence-corrected chi connectivity index (χ3v) is 9.28. The quantitative estimate of drug-likeness (QED) is 0.147. The molecule has 4 N–H and O–H groups in total. The fourth-order valence-electron chi connectivity index (χ4n) is 6.59. The molecule has 0 radical (unpaired) electrons. The fraction of sp³-hybridized carbons (Fsp3) is 0.500. The molecule has 4 aromatic rings. The molecule has 1 aliphatic heterocycles. The monoisotopic (exact) mass is 658 g/mol. The van der Waals surface area contributed by atoms with Gasteiger partial charge in [0.2, 0.25) is 5.95 Å². The van der Waals surface area contributed by atoms with Crippen molar-refractivity contribution in [2.45, 2.75) is 90.4 Å². The predicted molar refractivity (Wildman–Crippen MR) is 186 cm³/mol. The molecule has 0 saturated carbocycles. The number of carbonyl (C=O) groups excluding carboxylic acids is 1. The van der Waals surface area contributed by atoms with Crippen LogP contribution in [0.2, 0.25) is 0 Å². The van der Waals surface area contributed by atoms with Gasteiger partial charge in [-0.05, 0) is 95.2 Å². The van der Waals surface area contributed by atoms with E-state index in [0.717, 1.165) is 49.3 Å². The average molecular weight is 659 g/mol. The van der Waals surface area contributed by atoms with Gasteiger partial charge >= 0.3 is 6.09 Å². The number of aliphatic hydroxyl groups is 1. The maximum absolute atomic E-state index is 15.6. The van der Waals surface area contributed by atoms with E-state index in [1.807, 2.05) is 71.0 Å². The van der Waals surface area contributed by atoms with E-state index in [1.165, 1.54) is 6.20 Å². The van der Waals surface area contributed by atoms with Gasteiger partial charge in [0.25, 0.3) is 0 Å². The van der Waals surface area contributed by atoms with Gasteiger partial charge in [-0.25, -0.2) is 19.2 Å². The summed E-state index contributed by atoms with van der Waals surface area (Å²) in [5.41, 5.74) is 2.93. The van der Waals surface area contributed by atoms with Crippen LogP contribution in [0.25, 0.3) is 16.9 Å². The molecule has 1 aliphatic carbocycles. The number of anilines is 3. The van der Waals surface area contributed by atoms with Crippen molar-refractivity contribution in [1.29, 1.82) is 0 Å². The lowest BCUT2D eigenvalue weighted by Crippen LogP contribution is -2.47. The zero-order valence-corrected chi connectivity index (χ0v) is 28.6. The van der Waals surface area contributed by atoms with Crippen molar-refractivity contribution in [3.8, 4) is 5.82 Å². The number of aryl methyl sites for hydroxylation is 1. The molecule has 1 fully saturated rings. The maximum Gasteiger partial charge on any atom is 0.410 e. The summed E-state index contributed by atoms with van der Waals surface area (Å²) in [6, 6.07) is 12.1. The summed E-state index contributed by atoms with van der Waals surface area (Å²) >= 11 is 0. The summed E-state index contributed by atoms with van der Waals surface area (Å²) in [6.45, 7) is 12.5. The van der Waals surface area contributed by atoms with Gasteiger partial charge in [0, 0.05) is 49.8 Å². The predicted octanol–water partition coefficient (Wildman–Crippen LogP) is 6.21. The first-order valence-electron chi connectivity index (χ1n) is 17.1. The lowest BCUT2D eigenvalue weighted by atomic mass is 9.98. The van der Waals surface area contributed by atoms with Crippen LogP contribution in [-0.4, -0.2) is 73.4 Å². The molecule has 2 aliphatic rings. The van der Waals surface area contributed by atoms with E-state index in [2.05, 4.69) is 20.9 Å². The number of ether oxygens (including phenoxy) is 1. The summed E-state index contributed by atoms with van der Waals surface area (Å²) in [4.78, 5) is 28.1. The van der Waals surface area contributed by atoms with Crippen molar-refractivity contribution < 1.29 is 19.0 Å². The number of amides is 1. The van der Waals surface area contributed by atoms with Crippen molar-refractivity contribution in [2.75, 3.05) is 36.8 Å². The molecule has 0 bridgehead atoms. The second kappa shape index (κ2) is 13.7. The Morgan fingerprint density at radius 2 is 1.79 bits per heavy atom. The SMILES string of the molecule is CCc1c(F)c2cnc(Nc3ccc(NCCNC4CCN(C(=O)OC(C)(C)C)CC4)cc3)nc2n1-c1ccc2c(n1)[C@@](O)(CC)CC2. The summed E-state index contributed by atoms with van der Waals surface area (Å²) in [5, 5.41) is 21.8. The first kappa shape index (κ1) is 33.6. The van der Waals surface area contributed by atoms with Gasteiger partial charge in [0.15, 0.2) is 11.5 Å². The van der Waals surface area contributed by atoms with Crippen LogP contribution in [0.4, 0.5) is 26.5 Å². The number of hydrogen-bond donors (Lipinski definition) is 4. The molecular weight excluding hydrogens is 611 g/mol. The number of likely N-dealkylation sites (tertiary alicyclic amines) is 1. The number of pyridine rings is 1. The molecule has 48 heavy (non-hydrogen) atoms.